The third-order valence-electron chi connectivity index (χ3n) is 2.75. The van der Waals surface area contributed by atoms with Gasteiger partial charge in [-0.25, -0.2) is 4.79 Å². The molecule has 0 aromatic heterocycles. The van der Waals surface area contributed by atoms with Crippen molar-refractivity contribution >= 4 is 5.97 Å². The van der Waals surface area contributed by atoms with Gasteiger partial charge in [-0.1, -0.05) is 39.5 Å². The van der Waals surface area contributed by atoms with E-state index in [1.54, 1.807) is 0 Å². The zero-order chi connectivity index (χ0) is 15.2. The van der Waals surface area contributed by atoms with Crippen LogP contribution < -0.4 is 4.74 Å². The Bertz CT molecular complexity index is 443. The van der Waals surface area contributed by atoms with Gasteiger partial charge in [0.05, 0.1) is 0 Å². The van der Waals surface area contributed by atoms with Crippen molar-refractivity contribution in [3.63, 3.8) is 0 Å². The number of esters is 1. The summed E-state index contributed by atoms with van der Waals surface area (Å²) in [6.07, 6.45) is 0.194. The molecule has 110 valence electrons. The van der Waals surface area contributed by atoms with Crippen LogP contribution in [0.2, 0.25) is 0 Å². The highest BCUT2D eigenvalue weighted by atomic mass is 16.5. The third-order valence-corrected chi connectivity index (χ3v) is 2.75. The summed E-state index contributed by atoms with van der Waals surface area (Å²) < 4.78 is 10.2. The van der Waals surface area contributed by atoms with Crippen molar-refractivity contribution in [3.05, 3.63) is 42.5 Å². The lowest BCUT2D eigenvalue weighted by Gasteiger charge is -2.19. The second-order valence-corrected chi connectivity index (χ2v) is 5.57. The molecule has 0 heterocycles. The van der Waals surface area contributed by atoms with E-state index in [2.05, 4.69) is 27.4 Å². The minimum atomic E-state index is -0.860. The van der Waals surface area contributed by atoms with Crippen LogP contribution in [-0.2, 0) is 14.9 Å². The first kappa shape index (κ1) is 16.2. The third kappa shape index (κ3) is 5.45. The predicted octanol–water partition coefficient (Wildman–Crippen LogP) is 2.45. The number of hydrogen-bond donors (Lipinski definition) is 1. The number of carbonyl (C=O) groups is 1. The van der Waals surface area contributed by atoms with E-state index in [1.165, 1.54) is 5.56 Å². The Balaban J connectivity index is 2.42. The lowest BCUT2D eigenvalue weighted by molar-refractivity contribution is -0.141. The number of benzene rings is 1. The molecule has 1 unspecified atom stereocenters. The zero-order valence-electron chi connectivity index (χ0n) is 12.3. The molecule has 1 atom stereocenters. The molecule has 0 aliphatic carbocycles. The maximum atomic E-state index is 10.8. The Morgan fingerprint density at radius 1 is 1.30 bits per heavy atom. The van der Waals surface area contributed by atoms with E-state index >= 15 is 0 Å². The molecule has 0 amide bonds. The highest BCUT2D eigenvalue weighted by Crippen LogP contribution is 2.24. The first-order valence-corrected chi connectivity index (χ1v) is 6.53. The molecule has 0 aliphatic heterocycles. The van der Waals surface area contributed by atoms with Gasteiger partial charge in [0.25, 0.3) is 0 Å². The van der Waals surface area contributed by atoms with E-state index < -0.39 is 12.1 Å². The summed E-state index contributed by atoms with van der Waals surface area (Å²) >= 11 is 0. The molecule has 4 heteroatoms. The Labute approximate surface area is 120 Å². The van der Waals surface area contributed by atoms with Gasteiger partial charge in [-0.2, -0.15) is 0 Å². The molecule has 1 aromatic rings. The minimum Gasteiger partial charge on any atom is -0.491 e. The van der Waals surface area contributed by atoms with Crippen LogP contribution in [0.1, 0.15) is 26.3 Å². The minimum absolute atomic E-state index is 0.0687. The molecular formula is C16H22O4. The van der Waals surface area contributed by atoms with Crippen LogP contribution in [0.25, 0.3) is 0 Å². The van der Waals surface area contributed by atoms with Gasteiger partial charge in [0, 0.05) is 6.08 Å². The number of aliphatic hydroxyl groups is 1. The first-order valence-electron chi connectivity index (χ1n) is 6.53. The fourth-order valence-corrected chi connectivity index (χ4v) is 1.53. The number of ether oxygens (including phenoxy) is 2. The van der Waals surface area contributed by atoms with E-state index in [0.29, 0.717) is 5.75 Å². The summed E-state index contributed by atoms with van der Waals surface area (Å²) in [6, 6.07) is 7.73. The van der Waals surface area contributed by atoms with Gasteiger partial charge < -0.3 is 14.6 Å². The summed E-state index contributed by atoms with van der Waals surface area (Å²) in [6.45, 7) is 9.65. The van der Waals surface area contributed by atoms with Gasteiger partial charge in [-0.05, 0) is 23.1 Å². The number of rotatable bonds is 6. The Hall–Kier alpha value is -1.81. The van der Waals surface area contributed by atoms with E-state index in [-0.39, 0.29) is 18.6 Å². The molecule has 0 spiro atoms. The maximum absolute atomic E-state index is 10.8. The Morgan fingerprint density at radius 2 is 1.90 bits per heavy atom. The summed E-state index contributed by atoms with van der Waals surface area (Å²) in [4.78, 5) is 10.8. The van der Waals surface area contributed by atoms with Crippen molar-refractivity contribution in [1.82, 2.24) is 0 Å². The van der Waals surface area contributed by atoms with E-state index in [0.717, 1.165) is 6.08 Å². The summed E-state index contributed by atoms with van der Waals surface area (Å²) in [5, 5.41) is 9.60. The summed E-state index contributed by atoms with van der Waals surface area (Å²) in [7, 11) is 0. The van der Waals surface area contributed by atoms with Gasteiger partial charge in [0.2, 0.25) is 0 Å². The van der Waals surface area contributed by atoms with Crippen LogP contribution in [0.5, 0.6) is 5.75 Å². The normalized spacial score (nSPS) is 12.6. The molecule has 0 aliphatic rings. The van der Waals surface area contributed by atoms with Crippen LogP contribution in [-0.4, -0.2) is 30.4 Å². The second kappa shape index (κ2) is 7.10. The molecule has 20 heavy (non-hydrogen) atoms. The quantitative estimate of drug-likeness (QED) is 0.641. The van der Waals surface area contributed by atoms with Crippen molar-refractivity contribution in [2.45, 2.75) is 32.3 Å². The molecule has 0 radical (unpaired) electrons. The molecule has 4 nitrogen and oxygen atoms in total. The average molecular weight is 278 g/mol. The topological polar surface area (TPSA) is 55.8 Å². The standard InChI is InChI=1S/C16H22O4/c1-5-15(18)20-11-13(17)10-19-14-8-6-12(7-9-14)16(2,3)4/h5-9,13,17H,1,10-11H2,2-4H3. The molecular weight excluding hydrogens is 256 g/mol. The van der Waals surface area contributed by atoms with Crippen molar-refractivity contribution < 1.29 is 19.4 Å². The van der Waals surface area contributed by atoms with Crippen LogP contribution in [0, 0.1) is 0 Å². The molecule has 0 saturated heterocycles. The van der Waals surface area contributed by atoms with Gasteiger partial charge in [0.1, 0.15) is 25.1 Å². The molecule has 1 aromatic carbocycles. The van der Waals surface area contributed by atoms with E-state index in [9.17, 15) is 9.90 Å². The SMILES string of the molecule is C=CC(=O)OCC(O)COc1ccc(C(C)(C)C)cc1. The maximum Gasteiger partial charge on any atom is 0.330 e. The largest absolute Gasteiger partial charge is 0.491 e. The van der Waals surface area contributed by atoms with Gasteiger partial charge >= 0.3 is 5.97 Å². The highest BCUT2D eigenvalue weighted by molar-refractivity contribution is 5.81. The highest BCUT2D eigenvalue weighted by Gasteiger charge is 2.13. The van der Waals surface area contributed by atoms with Crippen molar-refractivity contribution in [2.24, 2.45) is 0 Å². The lowest BCUT2D eigenvalue weighted by atomic mass is 9.87. The lowest BCUT2D eigenvalue weighted by Crippen LogP contribution is -2.24. The molecule has 0 bridgehead atoms. The Kier molecular flexibility index (Phi) is 5.77. The smallest absolute Gasteiger partial charge is 0.330 e. The number of hydrogen-bond acceptors (Lipinski definition) is 4. The zero-order valence-corrected chi connectivity index (χ0v) is 12.3. The summed E-state index contributed by atoms with van der Waals surface area (Å²) in [5.41, 5.74) is 1.31. The average Bonchev–Trinajstić information content (AvgIpc) is 2.41. The fraction of sp³-hybridized carbons (Fsp3) is 0.438. The van der Waals surface area contributed by atoms with Gasteiger partial charge in [-0.15, -0.1) is 0 Å². The van der Waals surface area contributed by atoms with E-state index in [4.69, 9.17) is 9.47 Å². The monoisotopic (exact) mass is 278 g/mol. The number of aliphatic hydroxyl groups excluding tert-OH is 1. The van der Waals surface area contributed by atoms with Crippen molar-refractivity contribution in [3.8, 4) is 5.75 Å². The second-order valence-electron chi connectivity index (χ2n) is 5.57. The van der Waals surface area contributed by atoms with Crippen molar-refractivity contribution in [2.75, 3.05) is 13.2 Å². The van der Waals surface area contributed by atoms with Gasteiger partial charge in [-0.3, -0.25) is 0 Å². The van der Waals surface area contributed by atoms with Crippen molar-refractivity contribution in [1.29, 1.82) is 0 Å². The fourth-order valence-electron chi connectivity index (χ4n) is 1.53. The predicted molar refractivity (Wildman–Crippen MR) is 77.8 cm³/mol. The van der Waals surface area contributed by atoms with E-state index in [1.807, 2.05) is 24.3 Å². The first-order chi connectivity index (χ1) is 9.32. The molecule has 0 fully saturated rings. The molecule has 1 N–H and O–H groups in total. The van der Waals surface area contributed by atoms with Crippen LogP contribution in [0.3, 0.4) is 0 Å². The van der Waals surface area contributed by atoms with Crippen LogP contribution >= 0.6 is 0 Å². The van der Waals surface area contributed by atoms with Gasteiger partial charge in [0.15, 0.2) is 0 Å². The molecule has 1 rings (SSSR count). The molecule has 0 saturated carbocycles. The summed E-state index contributed by atoms with van der Waals surface area (Å²) in [5.74, 6) is 0.116. The van der Waals surface area contributed by atoms with Crippen LogP contribution in [0.15, 0.2) is 36.9 Å². The van der Waals surface area contributed by atoms with Crippen LogP contribution in [0.4, 0.5) is 0 Å². The number of carbonyl (C=O) groups excluding carboxylic acids is 1. The Morgan fingerprint density at radius 3 is 2.40 bits per heavy atom.